The monoisotopic (exact) mass is 196 g/mol. The van der Waals surface area contributed by atoms with E-state index in [9.17, 15) is 4.79 Å². The molecule has 0 aliphatic heterocycles. The maximum Gasteiger partial charge on any atom is 0.151 e. The zero-order valence-corrected chi connectivity index (χ0v) is 8.17. The van der Waals surface area contributed by atoms with Crippen LogP contribution in [0.2, 0.25) is 5.15 Å². The summed E-state index contributed by atoms with van der Waals surface area (Å²) < 4.78 is 0. The van der Waals surface area contributed by atoms with Crippen LogP contribution in [0.5, 0.6) is 0 Å². The highest BCUT2D eigenvalue weighted by molar-refractivity contribution is 6.29. The molecule has 1 aromatic rings. The number of carbonyl (C=O) groups excluding carboxylic acids is 1. The topological polar surface area (TPSA) is 42.9 Å². The van der Waals surface area contributed by atoms with Gasteiger partial charge in [-0.1, -0.05) is 17.7 Å². The first-order valence-corrected chi connectivity index (χ1v) is 4.18. The summed E-state index contributed by atoms with van der Waals surface area (Å²) in [7, 11) is 0. The van der Waals surface area contributed by atoms with Crippen molar-refractivity contribution in [2.75, 3.05) is 0 Å². The zero-order chi connectivity index (χ0) is 9.84. The van der Waals surface area contributed by atoms with E-state index in [2.05, 4.69) is 9.97 Å². The summed E-state index contributed by atoms with van der Waals surface area (Å²) in [6.45, 7) is 3.50. The molecule has 0 aliphatic carbocycles. The van der Waals surface area contributed by atoms with Gasteiger partial charge in [0.1, 0.15) is 11.0 Å². The standard InChI is InChI=1S/C9H9ClN2O/c1-3-7(5-13)8-4-9(10)12-6(2)11-8/h3-5H,1-2H3/b7-3+. The average Bonchev–Trinajstić information content (AvgIpc) is 2.04. The first-order valence-electron chi connectivity index (χ1n) is 3.80. The van der Waals surface area contributed by atoms with Gasteiger partial charge in [0.05, 0.1) is 5.69 Å². The Labute approximate surface area is 81.5 Å². The van der Waals surface area contributed by atoms with Gasteiger partial charge in [-0.3, -0.25) is 4.79 Å². The molecule has 0 saturated heterocycles. The number of aldehydes is 1. The van der Waals surface area contributed by atoms with Crippen LogP contribution in [0.4, 0.5) is 0 Å². The average molecular weight is 197 g/mol. The van der Waals surface area contributed by atoms with Gasteiger partial charge in [0.2, 0.25) is 0 Å². The second kappa shape index (κ2) is 4.14. The molecular weight excluding hydrogens is 188 g/mol. The predicted molar refractivity (Wildman–Crippen MR) is 51.5 cm³/mol. The van der Waals surface area contributed by atoms with E-state index in [1.807, 2.05) is 0 Å². The molecule has 0 amide bonds. The Morgan fingerprint density at radius 2 is 2.23 bits per heavy atom. The molecule has 0 aliphatic rings. The van der Waals surface area contributed by atoms with Crippen molar-refractivity contribution < 1.29 is 4.79 Å². The molecule has 0 atom stereocenters. The zero-order valence-electron chi connectivity index (χ0n) is 7.41. The number of halogens is 1. The van der Waals surface area contributed by atoms with Gasteiger partial charge in [-0.05, 0) is 13.8 Å². The van der Waals surface area contributed by atoms with Crippen molar-refractivity contribution in [3.63, 3.8) is 0 Å². The number of hydrogen-bond acceptors (Lipinski definition) is 3. The molecule has 0 spiro atoms. The Morgan fingerprint density at radius 1 is 1.54 bits per heavy atom. The second-order valence-electron chi connectivity index (χ2n) is 2.48. The van der Waals surface area contributed by atoms with Crippen molar-refractivity contribution in [1.29, 1.82) is 0 Å². The first kappa shape index (κ1) is 9.86. The van der Waals surface area contributed by atoms with Gasteiger partial charge in [-0.25, -0.2) is 9.97 Å². The van der Waals surface area contributed by atoms with Crippen LogP contribution in [-0.2, 0) is 4.79 Å². The fourth-order valence-corrected chi connectivity index (χ4v) is 1.18. The second-order valence-corrected chi connectivity index (χ2v) is 2.87. The van der Waals surface area contributed by atoms with Crippen LogP contribution in [0.1, 0.15) is 18.4 Å². The van der Waals surface area contributed by atoms with Gasteiger partial charge in [0.25, 0.3) is 0 Å². The fourth-order valence-electron chi connectivity index (χ4n) is 0.955. The van der Waals surface area contributed by atoms with Crippen molar-refractivity contribution in [1.82, 2.24) is 9.97 Å². The molecule has 0 saturated carbocycles. The minimum atomic E-state index is 0.351. The van der Waals surface area contributed by atoms with E-state index in [1.165, 1.54) is 0 Å². The Kier molecular flexibility index (Phi) is 3.14. The molecule has 0 radical (unpaired) electrons. The number of carbonyl (C=O) groups is 1. The lowest BCUT2D eigenvalue weighted by molar-refractivity contribution is -0.103. The summed E-state index contributed by atoms with van der Waals surface area (Å²) in [6, 6.07) is 1.57. The lowest BCUT2D eigenvalue weighted by atomic mass is 10.2. The number of allylic oxidation sites excluding steroid dienone is 2. The molecular formula is C9H9ClN2O. The molecule has 0 aromatic carbocycles. The highest BCUT2D eigenvalue weighted by Crippen LogP contribution is 2.13. The molecule has 3 nitrogen and oxygen atoms in total. The first-order chi connectivity index (χ1) is 6.17. The number of aryl methyl sites for hydroxylation is 1. The van der Waals surface area contributed by atoms with Crippen LogP contribution in [0.3, 0.4) is 0 Å². The van der Waals surface area contributed by atoms with E-state index in [4.69, 9.17) is 11.6 Å². The predicted octanol–water partition coefficient (Wildman–Crippen LogP) is 2.04. The molecule has 1 heterocycles. The molecule has 0 fully saturated rings. The quantitative estimate of drug-likeness (QED) is 0.413. The van der Waals surface area contributed by atoms with Gasteiger partial charge in [0, 0.05) is 11.6 Å². The van der Waals surface area contributed by atoms with E-state index in [0.717, 1.165) is 6.29 Å². The summed E-state index contributed by atoms with van der Waals surface area (Å²) in [5.74, 6) is 0.559. The summed E-state index contributed by atoms with van der Waals surface area (Å²) in [4.78, 5) is 18.6. The molecule has 68 valence electrons. The van der Waals surface area contributed by atoms with Crippen molar-refractivity contribution in [3.05, 3.63) is 28.8 Å². The van der Waals surface area contributed by atoms with Crippen molar-refractivity contribution in [2.24, 2.45) is 0 Å². The normalized spacial score (nSPS) is 11.5. The van der Waals surface area contributed by atoms with Gasteiger partial charge >= 0.3 is 0 Å². The molecule has 4 heteroatoms. The summed E-state index contributed by atoms with van der Waals surface area (Å²) >= 11 is 5.71. The third-order valence-electron chi connectivity index (χ3n) is 1.54. The van der Waals surface area contributed by atoms with Crippen molar-refractivity contribution >= 4 is 23.5 Å². The number of nitrogens with zero attached hydrogens (tertiary/aromatic N) is 2. The molecule has 1 aromatic heterocycles. The highest BCUT2D eigenvalue weighted by Gasteiger charge is 2.03. The number of hydrogen-bond donors (Lipinski definition) is 0. The molecule has 0 N–H and O–H groups in total. The Bertz CT molecular complexity index is 340. The minimum absolute atomic E-state index is 0.351. The summed E-state index contributed by atoms with van der Waals surface area (Å²) in [6.07, 6.45) is 2.43. The Morgan fingerprint density at radius 3 is 2.69 bits per heavy atom. The molecule has 13 heavy (non-hydrogen) atoms. The SMILES string of the molecule is C/C=C(\C=O)c1cc(Cl)nc(C)n1. The third-order valence-corrected chi connectivity index (χ3v) is 1.73. The van der Waals surface area contributed by atoms with Crippen LogP contribution < -0.4 is 0 Å². The van der Waals surface area contributed by atoms with Crippen molar-refractivity contribution in [3.8, 4) is 0 Å². The molecule has 0 unspecified atom stereocenters. The fraction of sp³-hybridized carbons (Fsp3) is 0.222. The Balaban J connectivity index is 3.21. The van der Waals surface area contributed by atoms with E-state index in [1.54, 1.807) is 26.0 Å². The van der Waals surface area contributed by atoms with Crippen LogP contribution in [0.25, 0.3) is 5.57 Å². The van der Waals surface area contributed by atoms with Crippen LogP contribution in [0, 0.1) is 6.92 Å². The number of aromatic nitrogens is 2. The van der Waals surface area contributed by atoms with E-state index in [-0.39, 0.29) is 0 Å². The third kappa shape index (κ3) is 2.36. The van der Waals surface area contributed by atoms with E-state index < -0.39 is 0 Å². The van der Waals surface area contributed by atoms with E-state index in [0.29, 0.717) is 22.2 Å². The molecule has 1 rings (SSSR count). The molecule has 0 bridgehead atoms. The van der Waals surface area contributed by atoms with Gasteiger partial charge in [0.15, 0.2) is 6.29 Å². The van der Waals surface area contributed by atoms with Gasteiger partial charge in [-0.2, -0.15) is 0 Å². The number of rotatable bonds is 2. The largest absolute Gasteiger partial charge is 0.298 e. The van der Waals surface area contributed by atoms with Crippen LogP contribution >= 0.6 is 11.6 Å². The lowest BCUT2D eigenvalue weighted by Gasteiger charge is -2.00. The van der Waals surface area contributed by atoms with Gasteiger partial charge < -0.3 is 0 Å². The lowest BCUT2D eigenvalue weighted by Crippen LogP contribution is -1.95. The summed E-state index contributed by atoms with van der Waals surface area (Å²) in [5, 5.41) is 0.351. The smallest absolute Gasteiger partial charge is 0.151 e. The summed E-state index contributed by atoms with van der Waals surface area (Å²) in [5.41, 5.74) is 1.09. The highest BCUT2D eigenvalue weighted by atomic mass is 35.5. The van der Waals surface area contributed by atoms with Crippen LogP contribution in [-0.4, -0.2) is 16.3 Å². The van der Waals surface area contributed by atoms with E-state index >= 15 is 0 Å². The van der Waals surface area contributed by atoms with Crippen LogP contribution in [0.15, 0.2) is 12.1 Å². The minimum Gasteiger partial charge on any atom is -0.298 e. The Hall–Kier alpha value is -1.22. The maximum atomic E-state index is 10.6. The van der Waals surface area contributed by atoms with Crippen molar-refractivity contribution in [2.45, 2.75) is 13.8 Å². The maximum absolute atomic E-state index is 10.6. The van der Waals surface area contributed by atoms with Gasteiger partial charge in [-0.15, -0.1) is 0 Å².